The molecule has 2 fully saturated rings. The monoisotopic (exact) mass is 281 g/mol. The second-order valence-electron chi connectivity index (χ2n) is 5.60. The van der Waals surface area contributed by atoms with Crippen molar-refractivity contribution >= 4 is 22.5 Å². The number of aliphatic hydroxyl groups excluding tert-OH is 1. The fourth-order valence-electron chi connectivity index (χ4n) is 3.59. The molecule has 4 atom stereocenters. The van der Waals surface area contributed by atoms with Crippen LogP contribution < -0.4 is 10.6 Å². The van der Waals surface area contributed by atoms with Crippen molar-refractivity contribution in [3.05, 3.63) is 11.1 Å². The van der Waals surface area contributed by atoms with Crippen LogP contribution in [-0.2, 0) is 0 Å². The van der Waals surface area contributed by atoms with Crippen LogP contribution in [0.3, 0.4) is 0 Å². The number of urea groups is 1. The number of carbonyl (C=O) groups is 1. The molecule has 3 rings (SSSR count). The van der Waals surface area contributed by atoms with E-state index in [0.717, 1.165) is 12.1 Å². The fraction of sp³-hybridized carbons (Fsp3) is 0.692. The molecule has 1 aromatic rings. The number of thiazole rings is 1. The quantitative estimate of drug-likeness (QED) is 0.793. The van der Waals surface area contributed by atoms with Crippen LogP contribution in [0.1, 0.15) is 25.0 Å². The first kappa shape index (κ1) is 12.9. The first-order chi connectivity index (χ1) is 9.17. The number of aromatic nitrogens is 1. The van der Waals surface area contributed by atoms with Crippen molar-refractivity contribution < 1.29 is 9.90 Å². The van der Waals surface area contributed by atoms with Crippen LogP contribution in [0.15, 0.2) is 5.38 Å². The highest BCUT2D eigenvalue weighted by Crippen LogP contribution is 2.48. The number of nitrogens with zero attached hydrogens (tertiary/aromatic N) is 1. The molecule has 4 unspecified atom stereocenters. The molecule has 2 aliphatic rings. The number of aliphatic hydroxyl groups is 1. The number of carbonyl (C=O) groups excluding carboxylic acids is 1. The van der Waals surface area contributed by atoms with Gasteiger partial charge in [-0.25, -0.2) is 9.78 Å². The highest BCUT2D eigenvalue weighted by molar-refractivity contribution is 7.13. The van der Waals surface area contributed by atoms with E-state index in [9.17, 15) is 9.90 Å². The Kier molecular flexibility index (Phi) is 3.45. The number of anilines is 1. The summed E-state index contributed by atoms with van der Waals surface area (Å²) in [5.41, 5.74) is 0.911. The summed E-state index contributed by atoms with van der Waals surface area (Å²) in [6.45, 7) is 2.07. The van der Waals surface area contributed by atoms with Crippen LogP contribution in [-0.4, -0.2) is 28.8 Å². The average molecular weight is 281 g/mol. The molecule has 3 N–H and O–H groups in total. The predicted molar refractivity (Wildman–Crippen MR) is 74.2 cm³/mol. The lowest BCUT2D eigenvalue weighted by Crippen LogP contribution is -2.46. The minimum absolute atomic E-state index is 0.116. The van der Waals surface area contributed by atoms with Gasteiger partial charge in [0.05, 0.1) is 5.69 Å². The highest BCUT2D eigenvalue weighted by Gasteiger charge is 2.47. The third kappa shape index (κ3) is 2.47. The largest absolute Gasteiger partial charge is 0.396 e. The van der Waals surface area contributed by atoms with E-state index in [4.69, 9.17) is 0 Å². The molecule has 5 nitrogen and oxygen atoms in total. The van der Waals surface area contributed by atoms with Gasteiger partial charge in [-0.3, -0.25) is 5.32 Å². The van der Waals surface area contributed by atoms with Crippen molar-refractivity contribution in [2.24, 2.45) is 17.8 Å². The number of rotatable bonds is 3. The molecule has 19 heavy (non-hydrogen) atoms. The zero-order valence-corrected chi connectivity index (χ0v) is 11.7. The molecule has 1 heterocycles. The molecule has 2 saturated carbocycles. The summed E-state index contributed by atoms with van der Waals surface area (Å²) in [5, 5.41) is 17.8. The van der Waals surface area contributed by atoms with Gasteiger partial charge < -0.3 is 10.4 Å². The molecule has 0 saturated heterocycles. The molecule has 2 amide bonds. The lowest BCUT2D eigenvalue weighted by atomic mass is 9.85. The van der Waals surface area contributed by atoms with E-state index in [-0.39, 0.29) is 24.6 Å². The normalized spacial score (nSPS) is 32.5. The van der Waals surface area contributed by atoms with Crippen LogP contribution in [0.2, 0.25) is 0 Å². The van der Waals surface area contributed by atoms with Gasteiger partial charge in [0, 0.05) is 23.9 Å². The Bertz CT molecular complexity index is 476. The summed E-state index contributed by atoms with van der Waals surface area (Å²) < 4.78 is 0. The Labute approximate surface area is 116 Å². The van der Waals surface area contributed by atoms with Crippen molar-refractivity contribution in [3.8, 4) is 0 Å². The summed E-state index contributed by atoms with van der Waals surface area (Å²) in [7, 11) is 0. The molecule has 104 valence electrons. The van der Waals surface area contributed by atoms with Gasteiger partial charge in [-0.05, 0) is 38.0 Å². The number of amides is 2. The minimum Gasteiger partial charge on any atom is -0.396 e. The van der Waals surface area contributed by atoms with Gasteiger partial charge >= 0.3 is 6.03 Å². The van der Waals surface area contributed by atoms with E-state index in [2.05, 4.69) is 15.6 Å². The lowest BCUT2D eigenvalue weighted by molar-refractivity contribution is 0.146. The molecule has 2 bridgehead atoms. The maximum absolute atomic E-state index is 12.0. The van der Waals surface area contributed by atoms with Gasteiger partial charge in [0.25, 0.3) is 0 Å². The SMILES string of the molecule is Cc1csc(NC(=O)NC2C3CCC(C3)C2CO)n1. The highest BCUT2D eigenvalue weighted by atomic mass is 32.1. The van der Waals surface area contributed by atoms with Gasteiger partial charge in [-0.2, -0.15) is 0 Å². The summed E-state index contributed by atoms with van der Waals surface area (Å²) in [4.78, 5) is 16.2. The van der Waals surface area contributed by atoms with Crippen molar-refractivity contribution in [2.45, 2.75) is 32.2 Å². The second kappa shape index (κ2) is 5.09. The third-order valence-electron chi connectivity index (χ3n) is 4.44. The first-order valence-electron chi connectivity index (χ1n) is 6.78. The van der Waals surface area contributed by atoms with Crippen molar-refractivity contribution in [1.82, 2.24) is 10.3 Å². The number of aryl methyl sites for hydroxylation is 1. The van der Waals surface area contributed by atoms with E-state index in [0.29, 0.717) is 17.0 Å². The van der Waals surface area contributed by atoms with E-state index >= 15 is 0 Å². The molecular formula is C13H19N3O2S. The molecule has 6 heteroatoms. The molecule has 0 spiro atoms. The summed E-state index contributed by atoms with van der Waals surface area (Å²) in [5.74, 6) is 1.34. The van der Waals surface area contributed by atoms with Gasteiger partial charge in [0.2, 0.25) is 0 Å². The van der Waals surface area contributed by atoms with E-state index in [1.807, 2.05) is 12.3 Å². The summed E-state index contributed by atoms with van der Waals surface area (Å²) in [6.07, 6.45) is 3.51. The maximum atomic E-state index is 12.0. The first-order valence-corrected chi connectivity index (χ1v) is 7.66. The Morgan fingerprint density at radius 1 is 1.53 bits per heavy atom. The van der Waals surface area contributed by atoms with Crippen LogP contribution in [0.25, 0.3) is 0 Å². The number of hydrogen-bond donors (Lipinski definition) is 3. The van der Waals surface area contributed by atoms with Crippen molar-refractivity contribution in [2.75, 3.05) is 11.9 Å². The molecule has 0 radical (unpaired) electrons. The summed E-state index contributed by atoms with van der Waals surface area (Å²) >= 11 is 1.43. The van der Waals surface area contributed by atoms with Gasteiger partial charge in [-0.1, -0.05) is 0 Å². The van der Waals surface area contributed by atoms with Crippen LogP contribution >= 0.6 is 11.3 Å². The van der Waals surface area contributed by atoms with Crippen LogP contribution in [0.5, 0.6) is 0 Å². The third-order valence-corrected chi connectivity index (χ3v) is 5.31. The fourth-order valence-corrected chi connectivity index (χ4v) is 4.28. The van der Waals surface area contributed by atoms with Crippen LogP contribution in [0.4, 0.5) is 9.93 Å². The van der Waals surface area contributed by atoms with Gasteiger partial charge in [0.15, 0.2) is 5.13 Å². The molecule has 1 aromatic heterocycles. The predicted octanol–water partition coefficient (Wildman–Crippen LogP) is 1.98. The van der Waals surface area contributed by atoms with E-state index in [1.165, 1.54) is 24.2 Å². The number of hydrogen-bond acceptors (Lipinski definition) is 4. The molecule has 0 aliphatic heterocycles. The number of fused-ring (bicyclic) bond motifs is 2. The number of nitrogens with one attached hydrogen (secondary N) is 2. The van der Waals surface area contributed by atoms with Gasteiger partial charge in [0.1, 0.15) is 0 Å². The second-order valence-corrected chi connectivity index (χ2v) is 6.46. The van der Waals surface area contributed by atoms with Crippen LogP contribution in [0, 0.1) is 24.7 Å². The Balaban J connectivity index is 1.60. The Morgan fingerprint density at radius 2 is 2.32 bits per heavy atom. The van der Waals surface area contributed by atoms with Crippen molar-refractivity contribution in [3.63, 3.8) is 0 Å². The van der Waals surface area contributed by atoms with Gasteiger partial charge in [-0.15, -0.1) is 11.3 Å². The summed E-state index contributed by atoms with van der Waals surface area (Å²) in [6, 6.07) is -0.0878. The Morgan fingerprint density at radius 3 is 3.00 bits per heavy atom. The standard InChI is InChI=1S/C13H19N3O2S/c1-7-6-19-13(14-7)16-12(18)15-11-9-3-2-8(4-9)10(11)5-17/h6,8-11,17H,2-5H2,1H3,(H2,14,15,16,18). The zero-order chi connectivity index (χ0) is 13.4. The zero-order valence-electron chi connectivity index (χ0n) is 10.9. The minimum atomic E-state index is -0.203. The van der Waals surface area contributed by atoms with Crippen molar-refractivity contribution in [1.29, 1.82) is 0 Å². The maximum Gasteiger partial charge on any atom is 0.321 e. The molecule has 2 aliphatic carbocycles. The average Bonchev–Trinajstić information content (AvgIpc) is 3.05. The lowest BCUT2D eigenvalue weighted by Gasteiger charge is -2.30. The van der Waals surface area contributed by atoms with E-state index < -0.39 is 0 Å². The smallest absolute Gasteiger partial charge is 0.321 e. The molecule has 0 aromatic carbocycles. The Hall–Kier alpha value is -1.14. The topological polar surface area (TPSA) is 74.2 Å². The molecular weight excluding hydrogens is 262 g/mol. The van der Waals surface area contributed by atoms with E-state index in [1.54, 1.807) is 0 Å².